The van der Waals surface area contributed by atoms with Crippen molar-refractivity contribution < 1.29 is 9.53 Å². The molecule has 3 rings (SSSR count). The molecule has 1 aromatic heterocycles. The fourth-order valence-corrected chi connectivity index (χ4v) is 3.13. The van der Waals surface area contributed by atoms with Crippen molar-refractivity contribution in [3.05, 3.63) is 47.0 Å². The molecule has 1 aliphatic heterocycles. The van der Waals surface area contributed by atoms with Crippen molar-refractivity contribution in [2.24, 2.45) is 10.7 Å². The highest BCUT2D eigenvalue weighted by Crippen LogP contribution is 2.13. The molecular weight excluding hydrogens is 485 g/mol. The fraction of sp³-hybridized carbons (Fsp3) is 0.474. The van der Waals surface area contributed by atoms with Crippen molar-refractivity contribution >= 4 is 35.8 Å². The Bertz CT molecular complexity index is 836. The van der Waals surface area contributed by atoms with Gasteiger partial charge in [0.05, 0.1) is 13.1 Å². The van der Waals surface area contributed by atoms with Gasteiger partial charge in [0.1, 0.15) is 12.4 Å². The first-order chi connectivity index (χ1) is 13.6. The number of carbonyl (C=O) groups excluding carboxylic acids is 1. The highest BCUT2D eigenvalue weighted by atomic mass is 127. The number of benzene rings is 1. The van der Waals surface area contributed by atoms with Crippen LogP contribution in [0.4, 0.5) is 0 Å². The number of hydrogen-bond acceptors (Lipinski definition) is 5. The van der Waals surface area contributed by atoms with Crippen LogP contribution < -0.4 is 16.4 Å². The van der Waals surface area contributed by atoms with Gasteiger partial charge in [0.2, 0.25) is 5.91 Å². The summed E-state index contributed by atoms with van der Waals surface area (Å²) < 4.78 is 7.06. The minimum atomic E-state index is -0.427. The van der Waals surface area contributed by atoms with Crippen LogP contribution in [-0.2, 0) is 30.9 Å². The first kappa shape index (κ1) is 23.1. The van der Waals surface area contributed by atoms with Crippen LogP contribution in [0.3, 0.4) is 0 Å². The fourth-order valence-electron chi connectivity index (χ4n) is 3.13. The van der Waals surface area contributed by atoms with Crippen LogP contribution in [0.25, 0.3) is 0 Å². The van der Waals surface area contributed by atoms with Crippen molar-refractivity contribution in [3.8, 4) is 0 Å². The van der Waals surface area contributed by atoms with E-state index in [1.165, 1.54) is 0 Å². The van der Waals surface area contributed by atoms with Crippen molar-refractivity contribution in [3.63, 3.8) is 0 Å². The summed E-state index contributed by atoms with van der Waals surface area (Å²) in [5, 5.41) is 11.3. The highest BCUT2D eigenvalue weighted by Gasteiger charge is 2.22. The van der Waals surface area contributed by atoms with Gasteiger partial charge < -0.3 is 21.1 Å². The summed E-state index contributed by atoms with van der Waals surface area (Å²) >= 11 is 0. The molecule has 2 aromatic rings. The highest BCUT2D eigenvalue weighted by molar-refractivity contribution is 14.0. The number of guanidine groups is 1. The van der Waals surface area contributed by atoms with E-state index in [2.05, 4.69) is 25.7 Å². The smallest absolute Gasteiger partial charge is 0.248 e. The Kier molecular flexibility index (Phi) is 8.83. The second kappa shape index (κ2) is 11.1. The predicted molar refractivity (Wildman–Crippen MR) is 121 cm³/mol. The number of rotatable bonds is 7. The van der Waals surface area contributed by atoms with Gasteiger partial charge in [0.15, 0.2) is 11.8 Å². The monoisotopic (exact) mass is 513 g/mol. The zero-order chi connectivity index (χ0) is 19.9. The number of halogens is 1. The number of aromatic nitrogens is 3. The van der Waals surface area contributed by atoms with Gasteiger partial charge in [-0.15, -0.1) is 24.0 Å². The van der Waals surface area contributed by atoms with Crippen molar-refractivity contribution in [2.45, 2.75) is 45.5 Å². The quantitative estimate of drug-likeness (QED) is 0.291. The van der Waals surface area contributed by atoms with Crippen molar-refractivity contribution in [1.82, 2.24) is 25.4 Å². The Morgan fingerprint density at radius 1 is 1.38 bits per heavy atom. The summed E-state index contributed by atoms with van der Waals surface area (Å²) in [5.74, 6) is 2.05. The maximum absolute atomic E-state index is 11.2. The van der Waals surface area contributed by atoms with E-state index in [0.717, 1.165) is 49.1 Å². The molecule has 158 valence electrons. The number of fused-ring (bicyclic) bond motifs is 1. The largest absolute Gasteiger partial charge is 0.377 e. The number of nitrogens with zero attached hydrogens (tertiary/aromatic N) is 4. The van der Waals surface area contributed by atoms with Crippen LogP contribution in [-0.4, -0.2) is 46.3 Å². The van der Waals surface area contributed by atoms with E-state index in [9.17, 15) is 4.79 Å². The lowest BCUT2D eigenvalue weighted by molar-refractivity contribution is 0.100. The van der Waals surface area contributed by atoms with Crippen LogP contribution in [0, 0.1) is 0 Å². The number of carbonyl (C=O) groups is 1. The van der Waals surface area contributed by atoms with Crippen LogP contribution in [0.15, 0.2) is 29.3 Å². The maximum atomic E-state index is 11.2. The van der Waals surface area contributed by atoms with E-state index >= 15 is 0 Å². The summed E-state index contributed by atoms with van der Waals surface area (Å²) in [6.45, 7) is 4.48. The molecule has 29 heavy (non-hydrogen) atoms. The molecule has 1 aromatic carbocycles. The molecule has 0 radical (unpaired) electrons. The number of aliphatic imine (C=N–C) groups is 1. The van der Waals surface area contributed by atoms with Gasteiger partial charge in [0.25, 0.3) is 0 Å². The SMILES string of the molecule is CCNC(=NCc1ccc(C(N)=O)cc1)NC1CCc2nc(COC)nn2C1.I. The van der Waals surface area contributed by atoms with Crippen molar-refractivity contribution in [1.29, 1.82) is 0 Å². The molecule has 1 amide bonds. The van der Waals surface area contributed by atoms with Gasteiger partial charge >= 0.3 is 0 Å². The second-order valence-electron chi connectivity index (χ2n) is 6.70. The third-order valence-corrected chi connectivity index (χ3v) is 4.52. The zero-order valence-corrected chi connectivity index (χ0v) is 19.1. The normalized spacial score (nSPS) is 15.9. The van der Waals surface area contributed by atoms with Gasteiger partial charge in [-0.2, -0.15) is 5.10 Å². The zero-order valence-electron chi connectivity index (χ0n) is 16.7. The average molecular weight is 513 g/mol. The van der Waals surface area contributed by atoms with Gasteiger partial charge in [-0.05, 0) is 31.0 Å². The van der Waals surface area contributed by atoms with E-state index in [-0.39, 0.29) is 30.0 Å². The summed E-state index contributed by atoms with van der Waals surface area (Å²) in [6.07, 6.45) is 1.82. The molecule has 1 unspecified atom stereocenters. The summed E-state index contributed by atoms with van der Waals surface area (Å²) in [4.78, 5) is 20.3. The summed E-state index contributed by atoms with van der Waals surface area (Å²) in [7, 11) is 1.64. The Hall–Kier alpha value is -2.21. The molecule has 1 aliphatic rings. The van der Waals surface area contributed by atoms with Gasteiger partial charge in [-0.3, -0.25) is 4.79 Å². The summed E-state index contributed by atoms with van der Waals surface area (Å²) in [6, 6.07) is 7.40. The van der Waals surface area contributed by atoms with Crippen LogP contribution >= 0.6 is 24.0 Å². The molecule has 0 aliphatic carbocycles. The lowest BCUT2D eigenvalue weighted by Crippen LogP contribution is -2.47. The third kappa shape index (κ3) is 6.39. The van der Waals surface area contributed by atoms with Crippen LogP contribution in [0.5, 0.6) is 0 Å². The van der Waals surface area contributed by atoms with E-state index in [1.54, 1.807) is 19.2 Å². The number of primary amides is 1. The average Bonchev–Trinajstić information content (AvgIpc) is 3.08. The van der Waals surface area contributed by atoms with Gasteiger partial charge in [-0.25, -0.2) is 14.7 Å². The van der Waals surface area contributed by atoms with Crippen LogP contribution in [0.1, 0.15) is 40.9 Å². The number of methoxy groups -OCH3 is 1. The number of hydrogen-bond donors (Lipinski definition) is 3. The molecule has 1 atom stereocenters. The molecule has 9 nitrogen and oxygen atoms in total. The van der Waals surface area contributed by atoms with Crippen molar-refractivity contribution in [2.75, 3.05) is 13.7 Å². The molecule has 0 saturated heterocycles. The second-order valence-corrected chi connectivity index (χ2v) is 6.70. The molecule has 0 spiro atoms. The number of ether oxygens (including phenoxy) is 1. The topological polar surface area (TPSA) is 119 Å². The molecule has 0 saturated carbocycles. The Morgan fingerprint density at radius 2 is 2.14 bits per heavy atom. The number of amides is 1. The molecule has 0 fully saturated rings. The van der Waals surface area contributed by atoms with Gasteiger partial charge in [-0.1, -0.05) is 12.1 Å². The van der Waals surface area contributed by atoms with E-state index in [1.807, 2.05) is 23.7 Å². The molecule has 2 heterocycles. The minimum absolute atomic E-state index is 0. The predicted octanol–water partition coefficient (Wildman–Crippen LogP) is 1.21. The number of nitrogens with two attached hydrogens (primary N) is 1. The first-order valence-electron chi connectivity index (χ1n) is 9.44. The first-order valence-corrected chi connectivity index (χ1v) is 9.44. The number of aryl methyl sites for hydroxylation is 1. The Balaban J connectivity index is 0.00000300. The van der Waals surface area contributed by atoms with Crippen LogP contribution in [0.2, 0.25) is 0 Å². The maximum Gasteiger partial charge on any atom is 0.248 e. The standard InChI is InChI=1S/C19H27N7O2.HI/c1-3-21-19(22-10-13-4-6-14(7-5-13)18(20)27)23-15-8-9-17-24-16(12-28-2)25-26(17)11-15;/h4-7,15H,3,8-12H2,1-2H3,(H2,20,27)(H2,21,22,23);1H. The Morgan fingerprint density at radius 3 is 2.79 bits per heavy atom. The van der Waals surface area contributed by atoms with E-state index in [0.29, 0.717) is 18.7 Å². The number of nitrogens with one attached hydrogen (secondary N) is 2. The minimum Gasteiger partial charge on any atom is -0.377 e. The summed E-state index contributed by atoms with van der Waals surface area (Å²) in [5.41, 5.74) is 6.78. The lowest BCUT2D eigenvalue weighted by Gasteiger charge is -2.25. The molecule has 10 heteroatoms. The van der Waals surface area contributed by atoms with E-state index < -0.39 is 5.91 Å². The molecule has 0 bridgehead atoms. The van der Waals surface area contributed by atoms with Gasteiger partial charge in [0, 0.05) is 31.7 Å². The molecule has 4 N–H and O–H groups in total. The van der Waals surface area contributed by atoms with E-state index in [4.69, 9.17) is 10.5 Å². The lowest BCUT2D eigenvalue weighted by atomic mass is 10.1. The third-order valence-electron chi connectivity index (χ3n) is 4.52. The Labute approximate surface area is 187 Å². The molecular formula is C19H28IN7O2.